The molecule has 2 rings (SSSR count). The number of amides is 1. The third-order valence-electron chi connectivity index (χ3n) is 4.25. The maximum absolute atomic E-state index is 12.3. The van der Waals surface area contributed by atoms with E-state index in [1.165, 1.54) is 12.1 Å². The second-order valence-electron chi connectivity index (χ2n) is 6.10. The Morgan fingerprint density at radius 2 is 1.96 bits per heavy atom. The molecule has 7 nitrogen and oxygen atoms in total. The third-order valence-corrected chi connectivity index (χ3v) is 4.25. The Morgan fingerprint density at radius 1 is 1.20 bits per heavy atom. The molecular weight excluding hydrogens is 326 g/mol. The number of ether oxygens (including phenoxy) is 2. The van der Waals surface area contributed by atoms with Crippen LogP contribution in [0, 0.1) is 5.92 Å². The first-order valence-corrected chi connectivity index (χ1v) is 8.59. The molecule has 0 saturated heterocycles. The highest BCUT2D eigenvalue weighted by Crippen LogP contribution is 2.29. The number of hydrogen-bond donors (Lipinski definition) is 3. The molecule has 0 unspecified atom stereocenters. The molecule has 2 atom stereocenters. The van der Waals surface area contributed by atoms with Gasteiger partial charge >= 0.3 is 5.97 Å². The lowest BCUT2D eigenvalue weighted by Gasteiger charge is -2.27. The molecule has 1 aromatic rings. The number of hydrogen-bond acceptors (Lipinski definition) is 5. The number of carboxylic acid groups (broad SMARTS) is 1. The average Bonchev–Trinajstić information content (AvgIpc) is 2.59. The summed E-state index contributed by atoms with van der Waals surface area (Å²) >= 11 is 0. The summed E-state index contributed by atoms with van der Waals surface area (Å²) in [5.74, 6) is -0.654. The summed E-state index contributed by atoms with van der Waals surface area (Å²) in [5, 5.41) is 21.5. The van der Waals surface area contributed by atoms with Gasteiger partial charge in [-0.2, -0.15) is 0 Å². The molecule has 7 heteroatoms. The van der Waals surface area contributed by atoms with Crippen molar-refractivity contribution in [1.29, 1.82) is 0 Å². The zero-order chi connectivity index (χ0) is 18.2. The number of aliphatic hydroxyl groups excluding tert-OH is 1. The minimum absolute atomic E-state index is 0.0854. The largest absolute Gasteiger partial charge is 0.490 e. The lowest BCUT2D eigenvalue weighted by molar-refractivity contribution is -0.139. The maximum atomic E-state index is 12.3. The fraction of sp³-hybridized carbons (Fsp3) is 0.556. The van der Waals surface area contributed by atoms with Gasteiger partial charge in [0.15, 0.2) is 18.1 Å². The fourth-order valence-electron chi connectivity index (χ4n) is 2.93. The number of carbonyl (C=O) groups is 2. The van der Waals surface area contributed by atoms with Gasteiger partial charge in [0, 0.05) is 18.0 Å². The molecule has 0 spiro atoms. The van der Waals surface area contributed by atoms with Crippen molar-refractivity contribution in [1.82, 2.24) is 5.32 Å². The molecule has 0 bridgehead atoms. The molecule has 1 aliphatic carbocycles. The number of aliphatic hydroxyl groups is 1. The Hall–Kier alpha value is -2.28. The molecule has 0 aromatic heterocycles. The maximum Gasteiger partial charge on any atom is 0.341 e. The van der Waals surface area contributed by atoms with E-state index in [1.807, 2.05) is 0 Å². The van der Waals surface area contributed by atoms with Gasteiger partial charge < -0.3 is 25.0 Å². The van der Waals surface area contributed by atoms with Crippen molar-refractivity contribution in [3.63, 3.8) is 0 Å². The van der Waals surface area contributed by atoms with Crippen LogP contribution in [0.15, 0.2) is 18.2 Å². The van der Waals surface area contributed by atoms with Gasteiger partial charge in [-0.25, -0.2) is 4.79 Å². The van der Waals surface area contributed by atoms with Crippen molar-refractivity contribution < 1.29 is 29.3 Å². The van der Waals surface area contributed by atoms with Crippen LogP contribution >= 0.6 is 0 Å². The SMILES string of the molecule is CCOc1cc(C(=O)NC[C@H]2CCCC[C@@H]2O)ccc1OCC(=O)O. The predicted octanol–water partition coefficient (Wildman–Crippen LogP) is 1.83. The van der Waals surface area contributed by atoms with E-state index in [2.05, 4.69) is 5.32 Å². The van der Waals surface area contributed by atoms with E-state index in [4.69, 9.17) is 14.6 Å². The van der Waals surface area contributed by atoms with Gasteiger partial charge in [-0.05, 0) is 38.0 Å². The van der Waals surface area contributed by atoms with Gasteiger partial charge in [0.25, 0.3) is 5.91 Å². The summed E-state index contributed by atoms with van der Waals surface area (Å²) in [5.41, 5.74) is 0.399. The second kappa shape index (κ2) is 9.27. The van der Waals surface area contributed by atoms with E-state index in [9.17, 15) is 14.7 Å². The van der Waals surface area contributed by atoms with Crippen LogP contribution in [0.3, 0.4) is 0 Å². The molecule has 0 radical (unpaired) electrons. The molecular formula is C18H25NO6. The highest BCUT2D eigenvalue weighted by atomic mass is 16.5. The van der Waals surface area contributed by atoms with E-state index in [-0.39, 0.29) is 23.7 Å². The molecule has 0 heterocycles. The molecule has 1 fully saturated rings. The molecule has 3 N–H and O–H groups in total. The number of benzene rings is 1. The number of rotatable bonds is 8. The van der Waals surface area contributed by atoms with E-state index in [0.717, 1.165) is 25.7 Å². The Kier molecular flexibility index (Phi) is 7.06. The van der Waals surface area contributed by atoms with Gasteiger partial charge in [0.2, 0.25) is 0 Å². The summed E-state index contributed by atoms with van der Waals surface area (Å²) in [4.78, 5) is 23.0. The molecule has 1 amide bonds. The Labute approximate surface area is 146 Å². The van der Waals surface area contributed by atoms with Crippen molar-refractivity contribution in [2.24, 2.45) is 5.92 Å². The third kappa shape index (κ3) is 5.63. The Balaban J connectivity index is 2.00. The minimum Gasteiger partial charge on any atom is -0.490 e. The van der Waals surface area contributed by atoms with Gasteiger partial charge in [-0.15, -0.1) is 0 Å². The lowest BCUT2D eigenvalue weighted by Crippen LogP contribution is -2.36. The molecule has 0 aliphatic heterocycles. The van der Waals surface area contributed by atoms with Crippen LogP contribution in [-0.4, -0.2) is 48.0 Å². The van der Waals surface area contributed by atoms with Gasteiger partial charge in [-0.1, -0.05) is 12.8 Å². The molecule has 1 aromatic carbocycles. The average molecular weight is 351 g/mol. The van der Waals surface area contributed by atoms with E-state index < -0.39 is 12.6 Å². The highest BCUT2D eigenvalue weighted by Gasteiger charge is 2.23. The van der Waals surface area contributed by atoms with Crippen LogP contribution in [0.25, 0.3) is 0 Å². The number of carbonyl (C=O) groups excluding carboxylic acids is 1. The van der Waals surface area contributed by atoms with E-state index in [1.54, 1.807) is 13.0 Å². The van der Waals surface area contributed by atoms with Crippen molar-refractivity contribution in [2.45, 2.75) is 38.7 Å². The van der Waals surface area contributed by atoms with Crippen LogP contribution in [0.2, 0.25) is 0 Å². The second-order valence-corrected chi connectivity index (χ2v) is 6.10. The minimum atomic E-state index is -1.09. The van der Waals surface area contributed by atoms with Crippen LogP contribution in [0.4, 0.5) is 0 Å². The lowest BCUT2D eigenvalue weighted by atomic mass is 9.86. The molecule has 1 aliphatic rings. The van der Waals surface area contributed by atoms with Gasteiger partial charge in [0.1, 0.15) is 0 Å². The van der Waals surface area contributed by atoms with Crippen LogP contribution in [0.5, 0.6) is 11.5 Å². The molecule has 1 saturated carbocycles. The van der Waals surface area contributed by atoms with Gasteiger partial charge in [0.05, 0.1) is 12.7 Å². The summed E-state index contributed by atoms with van der Waals surface area (Å²) < 4.78 is 10.6. The zero-order valence-electron chi connectivity index (χ0n) is 14.4. The molecule has 25 heavy (non-hydrogen) atoms. The summed E-state index contributed by atoms with van der Waals surface area (Å²) in [6.07, 6.45) is 3.43. The number of carboxylic acids is 1. The summed E-state index contributed by atoms with van der Waals surface area (Å²) in [6, 6.07) is 4.62. The van der Waals surface area contributed by atoms with Crippen LogP contribution < -0.4 is 14.8 Å². The fourth-order valence-corrected chi connectivity index (χ4v) is 2.93. The van der Waals surface area contributed by atoms with Crippen molar-refractivity contribution in [2.75, 3.05) is 19.8 Å². The Morgan fingerprint density at radius 3 is 2.64 bits per heavy atom. The van der Waals surface area contributed by atoms with E-state index in [0.29, 0.717) is 24.5 Å². The monoisotopic (exact) mass is 351 g/mol. The number of aliphatic carboxylic acids is 1. The molecule has 138 valence electrons. The standard InChI is InChI=1S/C18H25NO6/c1-2-24-16-9-12(7-8-15(16)25-11-17(21)22)18(23)19-10-13-5-3-4-6-14(13)20/h7-9,13-14,20H,2-6,10-11H2,1H3,(H,19,23)(H,21,22)/t13-,14+/m1/s1. The smallest absolute Gasteiger partial charge is 0.341 e. The van der Waals surface area contributed by atoms with Crippen molar-refractivity contribution in [3.8, 4) is 11.5 Å². The normalized spacial score (nSPS) is 19.9. The van der Waals surface area contributed by atoms with Crippen LogP contribution in [0.1, 0.15) is 43.0 Å². The first kappa shape index (κ1) is 19.1. The van der Waals surface area contributed by atoms with Gasteiger partial charge in [-0.3, -0.25) is 4.79 Å². The summed E-state index contributed by atoms with van der Waals surface area (Å²) in [7, 11) is 0. The quantitative estimate of drug-likeness (QED) is 0.660. The first-order chi connectivity index (χ1) is 12.0. The van der Waals surface area contributed by atoms with Crippen molar-refractivity contribution >= 4 is 11.9 Å². The van der Waals surface area contributed by atoms with Crippen molar-refractivity contribution in [3.05, 3.63) is 23.8 Å². The highest BCUT2D eigenvalue weighted by molar-refractivity contribution is 5.94. The van der Waals surface area contributed by atoms with E-state index >= 15 is 0 Å². The zero-order valence-corrected chi connectivity index (χ0v) is 14.4. The predicted molar refractivity (Wildman–Crippen MR) is 91.0 cm³/mol. The number of nitrogens with one attached hydrogen (secondary N) is 1. The first-order valence-electron chi connectivity index (χ1n) is 8.59. The van der Waals surface area contributed by atoms with Crippen LogP contribution in [-0.2, 0) is 4.79 Å². The topological polar surface area (TPSA) is 105 Å². The Bertz CT molecular complexity index is 603. The summed E-state index contributed by atoms with van der Waals surface area (Å²) in [6.45, 7) is 2.10.